The topological polar surface area (TPSA) is 41.6 Å². The number of nitrogens with one attached hydrogen (secondary N) is 1. The fourth-order valence-electron chi connectivity index (χ4n) is 3.87. The van der Waals surface area contributed by atoms with Gasteiger partial charge >= 0.3 is 0 Å². The van der Waals surface area contributed by atoms with Crippen molar-refractivity contribution in [3.8, 4) is 5.75 Å². The van der Waals surface area contributed by atoms with Crippen molar-refractivity contribution in [1.29, 1.82) is 0 Å². The average Bonchev–Trinajstić information content (AvgIpc) is 3.33. The molecule has 4 nitrogen and oxygen atoms in total. The Bertz CT molecular complexity index is 680. The molecule has 2 aliphatic heterocycles. The van der Waals surface area contributed by atoms with Crippen LogP contribution in [0.3, 0.4) is 0 Å². The van der Waals surface area contributed by atoms with Crippen LogP contribution in [0.2, 0.25) is 0 Å². The molecule has 1 unspecified atom stereocenters. The molecule has 2 heterocycles. The number of rotatable bonds is 4. The van der Waals surface area contributed by atoms with Gasteiger partial charge in [-0.3, -0.25) is 9.69 Å². The lowest BCUT2D eigenvalue weighted by molar-refractivity contribution is 0.0954. The number of Topliss-reactive ketones (excluding diaryl/α,β-unsaturated/α-hetero) is 1. The van der Waals surface area contributed by atoms with Crippen LogP contribution in [-0.2, 0) is 0 Å². The molecule has 0 bridgehead atoms. The molecular formula is C20H26N2O2. The molecule has 3 aliphatic rings. The van der Waals surface area contributed by atoms with Gasteiger partial charge in [-0.15, -0.1) is 0 Å². The van der Waals surface area contributed by atoms with E-state index < -0.39 is 0 Å². The summed E-state index contributed by atoms with van der Waals surface area (Å²) >= 11 is 0. The van der Waals surface area contributed by atoms with Gasteiger partial charge in [0.25, 0.3) is 0 Å². The van der Waals surface area contributed by atoms with Gasteiger partial charge in [0.2, 0.25) is 0 Å². The first-order chi connectivity index (χ1) is 11.5. The molecule has 4 rings (SSSR count). The summed E-state index contributed by atoms with van der Waals surface area (Å²) in [6.45, 7) is 10.4. The average molecular weight is 326 g/mol. The lowest BCUT2D eigenvalue weighted by Gasteiger charge is -2.27. The largest absolute Gasteiger partial charge is 0.482 e. The second kappa shape index (κ2) is 5.92. The number of anilines is 1. The van der Waals surface area contributed by atoms with E-state index in [4.69, 9.17) is 4.74 Å². The van der Waals surface area contributed by atoms with Crippen LogP contribution in [-0.4, -0.2) is 35.9 Å². The maximum Gasteiger partial charge on any atom is 0.163 e. The molecule has 1 saturated carbocycles. The highest BCUT2D eigenvalue weighted by Gasteiger charge is 2.38. The zero-order valence-electron chi connectivity index (χ0n) is 14.5. The quantitative estimate of drug-likeness (QED) is 0.857. The Morgan fingerprint density at radius 2 is 2.12 bits per heavy atom. The summed E-state index contributed by atoms with van der Waals surface area (Å²) < 4.78 is 5.80. The Labute approximate surface area is 143 Å². The van der Waals surface area contributed by atoms with E-state index in [2.05, 4.69) is 23.7 Å². The van der Waals surface area contributed by atoms with Crippen molar-refractivity contribution in [2.75, 3.05) is 18.4 Å². The minimum Gasteiger partial charge on any atom is -0.482 e. The molecule has 24 heavy (non-hydrogen) atoms. The lowest BCUT2D eigenvalue weighted by Crippen LogP contribution is -2.25. The van der Waals surface area contributed by atoms with Crippen molar-refractivity contribution in [3.63, 3.8) is 0 Å². The molecule has 1 aromatic rings. The van der Waals surface area contributed by atoms with E-state index >= 15 is 0 Å². The summed E-state index contributed by atoms with van der Waals surface area (Å²) in [7, 11) is 0. The molecule has 4 heteroatoms. The highest BCUT2D eigenvalue weighted by atomic mass is 16.5. The summed E-state index contributed by atoms with van der Waals surface area (Å²) in [5, 5.41) is 3.26. The van der Waals surface area contributed by atoms with Gasteiger partial charge in [0.15, 0.2) is 5.78 Å². The summed E-state index contributed by atoms with van der Waals surface area (Å²) in [5.41, 5.74) is 2.45. The summed E-state index contributed by atoms with van der Waals surface area (Å²) in [6.07, 6.45) is 3.27. The number of likely N-dealkylation sites (tertiary alicyclic amines) is 1. The minimum absolute atomic E-state index is 0.0493. The van der Waals surface area contributed by atoms with Gasteiger partial charge in [-0.25, -0.2) is 0 Å². The second-order valence-electron chi connectivity index (χ2n) is 7.67. The third-order valence-corrected chi connectivity index (χ3v) is 5.70. The smallest absolute Gasteiger partial charge is 0.163 e. The first-order valence-corrected chi connectivity index (χ1v) is 9.05. The van der Waals surface area contributed by atoms with Crippen molar-refractivity contribution in [2.24, 2.45) is 11.8 Å². The molecular weight excluding hydrogens is 300 g/mol. The highest BCUT2D eigenvalue weighted by Crippen LogP contribution is 2.37. The predicted molar refractivity (Wildman–Crippen MR) is 95.5 cm³/mol. The van der Waals surface area contributed by atoms with Crippen molar-refractivity contribution < 1.29 is 9.53 Å². The zero-order valence-corrected chi connectivity index (χ0v) is 14.5. The molecule has 0 spiro atoms. The van der Waals surface area contributed by atoms with E-state index in [-0.39, 0.29) is 11.9 Å². The van der Waals surface area contributed by atoms with Gasteiger partial charge in [-0.1, -0.05) is 13.5 Å². The van der Waals surface area contributed by atoms with Gasteiger partial charge in [0.1, 0.15) is 11.9 Å². The first-order valence-electron chi connectivity index (χ1n) is 9.05. The lowest BCUT2D eigenvalue weighted by atomic mass is 9.90. The van der Waals surface area contributed by atoms with Gasteiger partial charge < -0.3 is 10.1 Å². The fourth-order valence-corrected chi connectivity index (χ4v) is 3.87. The number of ketones is 1. The summed E-state index contributed by atoms with van der Waals surface area (Å²) in [6, 6.07) is 6.49. The second-order valence-corrected chi connectivity index (χ2v) is 7.67. The summed E-state index contributed by atoms with van der Waals surface area (Å²) in [5.74, 6) is 2.11. The highest BCUT2D eigenvalue weighted by molar-refractivity contribution is 5.97. The van der Waals surface area contributed by atoms with E-state index in [9.17, 15) is 4.79 Å². The molecule has 128 valence electrons. The van der Waals surface area contributed by atoms with Crippen LogP contribution < -0.4 is 10.1 Å². The molecule has 1 N–H and O–H groups in total. The maximum absolute atomic E-state index is 12.8. The predicted octanol–water partition coefficient (Wildman–Crippen LogP) is 3.70. The number of hydrogen-bond donors (Lipinski definition) is 1. The molecule has 1 saturated heterocycles. The van der Waals surface area contributed by atoms with Crippen LogP contribution in [0.1, 0.15) is 43.5 Å². The number of carbonyl (C=O) groups is 1. The number of benzene rings is 1. The van der Waals surface area contributed by atoms with Crippen LogP contribution in [0.4, 0.5) is 5.69 Å². The molecule has 3 atom stereocenters. The summed E-state index contributed by atoms with van der Waals surface area (Å²) in [4.78, 5) is 15.3. The first kappa shape index (κ1) is 15.7. The Kier molecular flexibility index (Phi) is 3.87. The molecule has 1 aromatic carbocycles. The minimum atomic E-state index is -0.0493. The molecule has 0 aromatic heterocycles. The number of hydrogen-bond acceptors (Lipinski definition) is 4. The van der Waals surface area contributed by atoms with Crippen LogP contribution in [0.25, 0.3) is 0 Å². The van der Waals surface area contributed by atoms with E-state index in [1.54, 1.807) is 0 Å². The number of nitrogens with zero attached hydrogens (tertiary/aromatic N) is 1. The van der Waals surface area contributed by atoms with Gasteiger partial charge in [0, 0.05) is 36.8 Å². The van der Waals surface area contributed by atoms with Gasteiger partial charge in [-0.05, 0) is 49.8 Å². The Morgan fingerprint density at radius 1 is 1.33 bits per heavy atom. The Balaban J connectivity index is 1.45. The Morgan fingerprint density at radius 3 is 2.88 bits per heavy atom. The van der Waals surface area contributed by atoms with E-state index in [0.717, 1.165) is 41.8 Å². The third-order valence-electron chi connectivity index (χ3n) is 5.70. The molecule has 0 amide bonds. The normalized spacial score (nSPS) is 29.8. The zero-order chi connectivity index (χ0) is 16.8. The number of ether oxygens (including phenoxy) is 1. The SMILES string of the molecule is C=C1Nc2cc(C(=O)C[C@@H]3CN(C4CC4)C[C@@H]3C)ccc2OC1C. The Hall–Kier alpha value is -1.81. The third kappa shape index (κ3) is 2.95. The molecule has 0 radical (unpaired) electrons. The van der Waals surface area contributed by atoms with Crippen molar-refractivity contribution >= 4 is 11.5 Å². The standard InChI is InChI=1S/C20H26N2O2/c1-12-10-22(17-5-6-17)11-16(12)9-19(23)15-4-7-20-18(8-15)21-13(2)14(3)24-20/h4,7-8,12,14,16-17,21H,2,5-6,9-11H2,1,3H3/t12-,14?,16+/m0/s1. The maximum atomic E-state index is 12.8. The monoisotopic (exact) mass is 326 g/mol. The molecule has 2 fully saturated rings. The van der Waals surface area contributed by atoms with E-state index in [0.29, 0.717) is 18.3 Å². The van der Waals surface area contributed by atoms with Crippen LogP contribution in [0.15, 0.2) is 30.5 Å². The van der Waals surface area contributed by atoms with Crippen molar-refractivity contribution in [2.45, 2.75) is 45.3 Å². The van der Waals surface area contributed by atoms with Crippen LogP contribution >= 0.6 is 0 Å². The van der Waals surface area contributed by atoms with Crippen molar-refractivity contribution in [1.82, 2.24) is 4.90 Å². The number of carbonyl (C=O) groups excluding carboxylic acids is 1. The van der Waals surface area contributed by atoms with Gasteiger partial charge in [-0.2, -0.15) is 0 Å². The fraction of sp³-hybridized carbons (Fsp3) is 0.550. The molecule has 1 aliphatic carbocycles. The van der Waals surface area contributed by atoms with Crippen molar-refractivity contribution in [3.05, 3.63) is 36.0 Å². The van der Waals surface area contributed by atoms with E-state index in [1.807, 2.05) is 25.1 Å². The number of fused-ring (bicyclic) bond motifs is 1. The van der Waals surface area contributed by atoms with Crippen LogP contribution in [0.5, 0.6) is 5.75 Å². The van der Waals surface area contributed by atoms with Crippen LogP contribution in [0, 0.1) is 11.8 Å². The van der Waals surface area contributed by atoms with Gasteiger partial charge in [0.05, 0.1) is 5.69 Å². The van der Waals surface area contributed by atoms with E-state index in [1.165, 1.54) is 12.8 Å².